The minimum Gasteiger partial charge on any atom is -0.453 e. The van der Waals surface area contributed by atoms with Crippen LogP contribution in [0, 0.1) is 5.82 Å². The molecule has 2 heterocycles. The van der Waals surface area contributed by atoms with Crippen molar-refractivity contribution in [2.45, 2.75) is 25.7 Å². The fraction of sp³-hybridized carbons (Fsp3) is 0.235. The molecule has 0 spiro atoms. The van der Waals surface area contributed by atoms with Crippen LogP contribution in [-0.4, -0.2) is 5.78 Å². The number of rotatable bonds is 2. The summed E-state index contributed by atoms with van der Waals surface area (Å²) in [5.74, 6) is -0.144. The molecule has 3 aromatic rings. The molecule has 2 nitrogen and oxygen atoms in total. The van der Waals surface area contributed by atoms with Crippen LogP contribution in [0.15, 0.2) is 34.7 Å². The van der Waals surface area contributed by atoms with Crippen LogP contribution < -0.4 is 0 Å². The maximum absolute atomic E-state index is 13.2. The first-order valence-corrected chi connectivity index (χ1v) is 7.88. The molecule has 4 heteroatoms. The standard InChI is InChI=1S/C17H13FO2S/c18-12-5-6-13-11(7-12)8-14(20-13)17(19)16-9-10-3-1-2-4-15(10)21-16/h5-9H,1-4H2. The number of ketones is 1. The van der Waals surface area contributed by atoms with Crippen molar-refractivity contribution in [2.75, 3.05) is 0 Å². The van der Waals surface area contributed by atoms with Crippen molar-refractivity contribution < 1.29 is 13.6 Å². The normalized spacial score (nSPS) is 14.3. The summed E-state index contributed by atoms with van der Waals surface area (Å²) in [4.78, 5) is 14.6. The van der Waals surface area contributed by atoms with Crippen molar-refractivity contribution >= 4 is 28.1 Å². The Labute approximate surface area is 125 Å². The monoisotopic (exact) mass is 300 g/mol. The van der Waals surface area contributed by atoms with Gasteiger partial charge in [0.15, 0.2) is 5.76 Å². The average Bonchev–Trinajstić information content (AvgIpc) is 3.09. The van der Waals surface area contributed by atoms with E-state index >= 15 is 0 Å². The van der Waals surface area contributed by atoms with Gasteiger partial charge in [-0.2, -0.15) is 0 Å². The molecular weight excluding hydrogens is 287 g/mol. The van der Waals surface area contributed by atoms with Gasteiger partial charge in [-0.15, -0.1) is 11.3 Å². The SMILES string of the molecule is O=C(c1cc2cc(F)ccc2o1)c1cc2c(s1)CCCC2. The Kier molecular flexibility index (Phi) is 2.93. The van der Waals surface area contributed by atoms with E-state index in [-0.39, 0.29) is 17.4 Å². The highest BCUT2D eigenvalue weighted by molar-refractivity contribution is 7.14. The third-order valence-electron chi connectivity index (χ3n) is 3.92. The van der Waals surface area contributed by atoms with Crippen molar-refractivity contribution in [1.29, 1.82) is 0 Å². The second-order valence-electron chi connectivity index (χ2n) is 5.39. The summed E-state index contributed by atoms with van der Waals surface area (Å²) in [5, 5.41) is 0.625. The molecule has 0 radical (unpaired) electrons. The first kappa shape index (κ1) is 12.8. The van der Waals surface area contributed by atoms with Crippen molar-refractivity contribution in [3.05, 3.63) is 57.2 Å². The number of hydrogen-bond donors (Lipinski definition) is 0. The Hall–Kier alpha value is -1.94. The minimum absolute atomic E-state index is 0.106. The van der Waals surface area contributed by atoms with E-state index < -0.39 is 0 Å². The van der Waals surface area contributed by atoms with Gasteiger partial charge in [0.1, 0.15) is 11.4 Å². The van der Waals surface area contributed by atoms with Gasteiger partial charge >= 0.3 is 0 Å². The maximum atomic E-state index is 13.2. The van der Waals surface area contributed by atoms with Gasteiger partial charge in [0.2, 0.25) is 5.78 Å². The zero-order chi connectivity index (χ0) is 14.4. The lowest BCUT2D eigenvalue weighted by Crippen LogP contribution is -1.97. The van der Waals surface area contributed by atoms with Crippen LogP contribution in [0.25, 0.3) is 11.0 Å². The molecule has 0 saturated heterocycles. The van der Waals surface area contributed by atoms with Crippen LogP contribution in [0.1, 0.15) is 38.7 Å². The molecule has 1 aliphatic rings. The molecule has 0 amide bonds. The van der Waals surface area contributed by atoms with Gasteiger partial charge in [-0.1, -0.05) is 0 Å². The van der Waals surface area contributed by atoms with Crippen molar-refractivity contribution in [3.8, 4) is 0 Å². The van der Waals surface area contributed by atoms with E-state index in [1.807, 2.05) is 6.07 Å². The van der Waals surface area contributed by atoms with Gasteiger partial charge < -0.3 is 4.42 Å². The number of carbonyl (C=O) groups is 1. The Morgan fingerprint density at radius 3 is 2.86 bits per heavy atom. The molecule has 4 rings (SSSR count). The molecule has 21 heavy (non-hydrogen) atoms. The van der Waals surface area contributed by atoms with E-state index in [9.17, 15) is 9.18 Å². The lowest BCUT2D eigenvalue weighted by Gasteiger charge is -2.08. The molecule has 0 aliphatic heterocycles. The van der Waals surface area contributed by atoms with Crippen molar-refractivity contribution in [2.24, 2.45) is 0 Å². The molecule has 1 aromatic carbocycles. The summed E-state index contributed by atoms with van der Waals surface area (Å²) in [6.45, 7) is 0. The zero-order valence-electron chi connectivity index (χ0n) is 11.3. The Balaban J connectivity index is 1.73. The molecule has 0 saturated carbocycles. The highest BCUT2D eigenvalue weighted by Gasteiger charge is 2.21. The fourth-order valence-corrected chi connectivity index (χ4v) is 4.05. The number of hydrogen-bond acceptors (Lipinski definition) is 3. The molecule has 1 aliphatic carbocycles. The highest BCUT2D eigenvalue weighted by atomic mass is 32.1. The number of aryl methyl sites for hydroxylation is 2. The van der Waals surface area contributed by atoms with Gasteiger partial charge in [0.05, 0.1) is 4.88 Å². The second kappa shape index (κ2) is 4.81. The minimum atomic E-state index is -0.325. The number of halogens is 1. The fourth-order valence-electron chi connectivity index (χ4n) is 2.85. The summed E-state index contributed by atoms with van der Waals surface area (Å²) in [5.41, 5.74) is 1.85. The molecular formula is C17H13FO2S. The highest BCUT2D eigenvalue weighted by Crippen LogP contribution is 2.32. The van der Waals surface area contributed by atoms with Gasteiger partial charge in [-0.3, -0.25) is 4.79 Å². The first-order valence-electron chi connectivity index (χ1n) is 7.06. The second-order valence-corrected chi connectivity index (χ2v) is 6.52. The Morgan fingerprint density at radius 1 is 1.14 bits per heavy atom. The van der Waals surface area contributed by atoms with Gasteiger partial charge in [-0.05, 0) is 61.6 Å². The smallest absolute Gasteiger partial charge is 0.238 e. The van der Waals surface area contributed by atoms with Crippen LogP contribution in [0.4, 0.5) is 4.39 Å². The van der Waals surface area contributed by atoms with E-state index in [1.165, 1.54) is 35.4 Å². The molecule has 0 atom stereocenters. The molecule has 0 fully saturated rings. The number of benzene rings is 1. The van der Waals surface area contributed by atoms with Crippen molar-refractivity contribution in [3.63, 3.8) is 0 Å². The quantitative estimate of drug-likeness (QED) is 0.640. The molecule has 2 aromatic heterocycles. The number of fused-ring (bicyclic) bond motifs is 2. The van der Waals surface area contributed by atoms with Gasteiger partial charge in [-0.25, -0.2) is 4.39 Å². The van der Waals surface area contributed by atoms with E-state index in [1.54, 1.807) is 23.5 Å². The molecule has 0 N–H and O–H groups in total. The topological polar surface area (TPSA) is 30.2 Å². The summed E-state index contributed by atoms with van der Waals surface area (Å²) in [6.07, 6.45) is 4.52. The van der Waals surface area contributed by atoms with E-state index in [4.69, 9.17) is 4.42 Å². The van der Waals surface area contributed by atoms with Crippen LogP contribution in [0.2, 0.25) is 0 Å². The van der Waals surface area contributed by atoms with Crippen LogP contribution >= 0.6 is 11.3 Å². The van der Waals surface area contributed by atoms with E-state index in [0.717, 1.165) is 17.7 Å². The summed E-state index contributed by atoms with van der Waals surface area (Å²) >= 11 is 1.57. The number of carbonyl (C=O) groups excluding carboxylic acids is 1. The van der Waals surface area contributed by atoms with E-state index in [0.29, 0.717) is 11.0 Å². The Morgan fingerprint density at radius 2 is 2.00 bits per heavy atom. The summed E-state index contributed by atoms with van der Waals surface area (Å²) in [7, 11) is 0. The van der Waals surface area contributed by atoms with E-state index in [2.05, 4.69) is 0 Å². The van der Waals surface area contributed by atoms with Crippen molar-refractivity contribution in [1.82, 2.24) is 0 Å². The Bertz CT molecular complexity index is 820. The lowest BCUT2D eigenvalue weighted by atomic mass is 9.99. The largest absolute Gasteiger partial charge is 0.453 e. The lowest BCUT2D eigenvalue weighted by molar-refractivity contribution is 0.101. The molecule has 0 unspecified atom stereocenters. The number of thiophene rings is 1. The van der Waals surface area contributed by atoms with Crippen LogP contribution in [0.5, 0.6) is 0 Å². The average molecular weight is 300 g/mol. The molecule has 106 valence electrons. The number of furan rings is 1. The summed E-state index contributed by atoms with van der Waals surface area (Å²) in [6, 6.07) is 7.90. The molecule has 0 bridgehead atoms. The predicted octanol–water partition coefficient (Wildman–Crippen LogP) is 4.74. The van der Waals surface area contributed by atoms with Crippen LogP contribution in [-0.2, 0) is 12.8 Å². The maximum Gasteiger partial charge on any atom is 0.238 e. The zero-order valence-corrected chi connectivity index (χ0v) is 12.1. The third-order valence-corrected chi connectivity index (χ3v) is 5.16. The van der Waals surface area contributed by atoms with Gasteiger partial charge in [0, 0.05) is 10.3 Å². The summed E-state index contributed by atoms with van der Waals surface area (Å²) < 4.78 is 18.8. The predicted molar refractivity (Wildman–Crippen MR) is 80.6 cm³/mol. The third kappa shape index (κ3) is 2.20. The van der Waals surface area contributed by atoms with Gasteiger partial charge in [0.25, 0.3) is 0 Å². The first-order chi connectivity index (χ1) is 10.2. The van der Waals surface area contributed by atoms with Crippen LogP contribution in [0.3, 0.4) is 0 Å².